The highest BCUT2D eigenvalue weighted by Gasteiger charge is 2.18. The summed E-state index contributed by atoms with van der Waals surface area (Å²) in [5, 5.41) is 23.2. The summed E-state index contributed by atoms with van der Waals surface area (Å²) in [5.41, 5.74) is 0. The van der Waals surface area contributed by atoms with Crippen molar-refractivity contribution in [1.82, 2.24) is 5.32 Å². The SMILES string of the molecule is CCCC/C=C\C/C=C\CCCCCCCC(=O)OCCCCCCCCCCCCCCCC(=O)NC(CO)C(O)/C=C/CCCCCCCCCCCCCCCCCCCCCC. The number of unbranched alkanes of at least 4 members (excludes halogenated alkanes) is 39. The molecule has 3 N–H and O–H groups in total. The highest BCUT2D eigenvalue weighted by molar-refractivity contribution is 5.76. The van der Waals surface area contributed by atoms with E-state index in [1.165, 1.54) is 212 Å². The molecule has 0 aromatic carbocycles. The van der Waals surface area contributed by atoms with E-state index in [1.54, 1.807) is 6.08 Å². The van der Waals surface area contributed by atoms with E-state index in [1.807, 2.05) is 6.08 Å². The molecule has 66 heavy (non-hydrogen) atoms. The summed E-state index contributed by atoms with van der Waals surface area (Å²) in [5.74, 6) is -0.101. The van der Waals surface area contributed by atoms with Gasteiger partial charge in [0.25, 0.3) is 0 Å². The Bertz CT molecular complexity index is 1070. The zero-order valence-corrected chi connectivity index (χ0v) is 44.2. The Balaban J connectivity index is 3.49. The van der Waals surface area contributed by atoms with E-state index < -0.39 is 12.1 Å². The molecule has 0 aliphatic carbocycles. The average Bonchev–Trinajstić information content (AvgIpc) is 3.32. The van der Waals surface area contributed by atoms with Gasteiger partial charge in [0.05, 0.1) is 25.4 Å². The molecule has 2 atom stereocenters. The molecule has 0 rings (SSSR count). The van der Waals surface area contributed by atoms with Gasteiger partial charge in [-0.15, -0.1) is 0 Å². The minimum absolute atomic E-state index is 0.0212. The molecule has 1 amide bonds. The van der Waals surface area contributed by atoms with Gasteiger partial charge < -0.3 is 20.3 Å². The number of carbonyl (C=O) groups is 2. The quantitative estimate of drug-likeness (QED) is 0.0321. The predicted molar refractivity (Wildman–Crippen MR) is 287 cm³/mol. The van der Waals surface area contributed by atoms with E-state index in [0.717, 1.165) is 70.6 Å². The number of carbonyl (C=O) groups excluding carboxylic acids is 2. The number of hydrogen-bond donors (Lipinski definition) is 3. The van der Waals surface area contributed by atoms with Crippen LogP contribution in [-0.4, -0.2) is 47.4 Å². The second-order valence-corrected chi connectivity index (χ2v) is 20.0. The van der Waals surface area contributed by atoms with Gasteiger partial charge in [0.15, 0.2) is 0 Å². The summed E-state index contributed by atoms with van der Waals surface area (Å²) >= 11 is 0. The van der Waals surface area contributed by atoms with Gasteiger partial charge in [-0.05, 0) is 57.8 Å². The number of esters is 1. The van der Waals surface area contributed by atoms with Gasteiger partial charge in [0.2, 0.25) is 5.91 Å². The van der Waals surface area contributed by atoms with Crippen molar-refractivity contribution in [2.24, 2.45) is 0 Å². The van der Waals surface area contributed by atoms with Crippen LogP contribution in [0, 0.1) is 0 Å². The van der Waals surface area contributed by atoms with Crippen LogP contribution < -0.4 is 5.32 Å². The van der Waals surface area contributed by atoms with Crippen LogP contribution >= 0.6 is 0 Å². The number of hydrogen-bond acceptors (Lipinski definition) is 5. The topological polar surface area (TPSA) is 95.9 Å². The van der Waals surface area contributed by atoms with Crippen LogP contribution in [0.5, 0.6) is 0 Å². The maximum Gasteiger partial charge on any atom is 0.305 e. The van der Waals surface area contributed by atoms with E-state index in [4.69, 9.17) is 4.74 Å². The van der Waals surface area contributed by atoms with E-state index in [-0.39, 0.29) is 18.5 Å². The standard InChI is InChI=1S/C60H113NO5/c1-3-5-7-9-11-13-15-17-19-20-21-22-23-24-25-26-28-32-36-40-44-48-52-58(63)57(56-62)61-59(64)53-49-45-41-37-33-29-27-31-35-39-43-47-51-55-66-60(65)54-50-46-42-38-34-30-18-16-14-12-10-8-6-4-2/h10,12,16,18,48,52,57-58,62-63H,3-9,11,13-15,17,19-47,49-51,53-56H2,1-2H3,(H,61,64)/b12-10-,18-16-,52-48+. The maximum absolute atomic E-state index is 12.5. The highest BCUT2D eigenvalue weighted by atomic mass is 16.5. The molecule has 0 fully saturated rings. The third-order valence-electron chi connectivity index (χ3n) is 13.4. The van der Waals surface area contributed by atoms with Crippen molar-refractivity contribution in [2.75, 3.05) is 13.2 Å². The number of aliphatic hydroxyl groups excluding tert-OH is 2. The van der Waals surface area contributed by atoms with Crippen molar-refractivity contribution in [3.8, 4) is 0 Å². The highest BCUT2D eigenvalue weighted by Crippen LogP contribution is 2.17. The van der Waals surface area contributed by atoms with Crippen molar-refractivity contribution >= 4 is 11.9 Å². The lowest BCUT2D eigenvalue weighted by atomic mass is 10.0. The molecule has 0 saturated carbocycles. The van der Waals surface area contributed by atoms with Gasteiger partial charge in [0.1, 0.15) is 0 Å². The van der Waals surface area contributed by atoms with Crippen LogP contribution in [0.3, 0.4) is 0 Å². The molecule has 0 spiro atoms. The number of amides is 1. The van der Waals surface area contributed by atoms with Gasteiger partial charge in [0, 0.05) is 12.8 Å². The van der Waals surface area contributed by atoms with Crippen LogP contribution in [0.1, 0.15) is 309 Å². The summed E-state index contributed by atoms with van der Waals surface area (Å²) in [6, 6.07) is -0.639. The van der Waals surface area contributed by atoms with Crippen LogP contribution in [0.2, 0.25) is 0 Å². The molecule has 6 heteroatoms. The van der Waals surface area contributed by atoms with Crippen molar-refractivity contribution in [3.63, 3.8) is 0 Å². The Morgan fingerprint density at radius 3 is 1.20 bits per heavy atom. The molecular weight excluding hydrogens is 815 g/mol. The average molecular weight is 929 g/mol. The summed E-state index contributed by atoms with van der Waals surface area (Å²) in [4.78, 5) is 24.5. The molecular formula is C60H113NO5. The number of rotatable bonds is 54. The monoisotopic (exact) mass is 928 g/mol. The third-order valence-corrected chi connectivity index (χ3v) is 13.4. The number of ether oxygens (including phenoxy) is 1. The summed E-state index contributed by atoms with van der Waals surface area (Å²) < 4.78 is 5.46. The van der Waals surface area contributed by atoms with Gasteiger partial charge >= 0.3 is 5.97 Å². The van der Waals surface area contributed by atoms with Crippen molar-refractivity contribution in [2.45, 2.75) is 321 Å². The molecule has 6 nitrogen and oxygen atoms in total. The molecule has 388 valence electrons. The lowest BCUT2D eigenvalue weighted by Crippen LogP contribution is -2.45. The summed E-state index contributed by atoms with van der Waals surface area (Å²) in [7, 11) is 0. The number of nitrogens with one attached hydrogen (secondary N) is 1. The fourth-order valence-electron chi connectivity index (χ4n) is 8.89. The summed E-state index contributed by atoms with van der Waals surface area (Å²) in [6.45, 7) is 4.84. The predicted octanol–water partition coefficient (Wildman–Crippen LogP) is 18.0. The molecule has 0 radical (unpaired) electrons. The van der Waals surface area contributed by atoms with Crippen LogP contribution in [0.15, 0.2) is 36.5 Å². The second kappa shape index (κ2) is 55.7. The first kappa shape index (κ1) is 64.1. The van der Waals surface area contributed by atoms with E-state index in [0.29, 0.717) is 19.4 Å². The largest absolute Gasteiger partial charge is 0.466 e. The fourth-order valence-corrected chi connectivity index (χ4v) is 8.89. The van der Waals surface area contributed by atoms with Crippen LogP contribution in [0.25, 0.3) is 0 Å². The normalized spacial score (nSPS) is 12.8. The Kier molecular flexibility index (Phi) is 54.1. The summed E-state index contributed by atoms with van der Waals surface area (Å²) in [6.07, 6.45) is 68.7. The van der Waals surface area contributed by atoms with Crippen LogP contribution in [0.4, 0.5) is 0 Å². The number of allylic oxidation sites excluding steroid dienone is 5. The van der Waals surface area contributed by atoms with Crippen LogP contribution in [-0.2, 0) is 14.3 Å². The molecule has 0 heterocycles. The second-order valence-electron chi connectivity index (χ2n) is 20.0. The number of aliphatic hydroxyl groups is 2. The zero-order chi connectivity index (χ0) is 47.9. The Hall–Kier alpha value is -1.92. The zero-order valence-electron chi connectivity index (χ0n) is 44.2. The first-order chi connectivity index (χ1) is 32.5. The smallest absolute Gasteiger partial charge is 0.305 e. The van der Waals surface area contributed by atoms with Gasteiger partial charge in [-0.2, -0.15) is 0 Å². The van der Waals surface area contributed by atoms with Crippen molar-refractivity contribution < 1.29 is 24.5 Å². The maximum atomic E-state index is 12.5. The molecule has 0 bridgehead atoms. The minimum atomic E-state index is -0.855. The first-order valence-corrected chi connectivity index (χ1v) is 29.3. The minimum Gasteiger partial charge on any atom is -0.466 e. The lowest BCUT2D eigenvalue weighted by Gasteiger charge is -2.20. The van der Waals surface area contributed by atoms with Gasteiger partial charge in [-0.3, -0.25) is 9.59 Å². The van der Waals surface area contributed by atoms with Gasteiger partial charge in [-0.1, -0.05) is 275 Å². The molecule has 0 aromatic heterocycles. The molecule has 0 saturated heterocycles. The Morgan fingerprint density at radius 1 is 0.424 bits per heavy atom. The lowest BCUT2D eigenvalue weighted by molar-refractivity contribution is -0.143. The Morgan fingerprint density at radius 2 is 0.773 bits per heavy atom. The van der Waals surface area contributed by atoms with E-state index in [9.17, 15) is 19.8 Å². The Labute approximate surface area is 411 Å². The fraction of sp³-hybridized carbons (Fsp3) is 0.867. The molecule has 0 aromatic rings. The van der Waals surface area contributed by atoms with E-state index in [2.05, 4.69) is 43.5 Å². The first-order valence-electron chi connectivity index (χ1n) is 29.3. The molecule has 0 aliphatic heterocycles. The van der Waals surface area contributed by atoms with Gasteiger partial charge in [-0.25, -0.2) is 0 Å². The molecule has 0 aliphatic rings. The molecule has 2 unspecified atom stereocenters. The van der Waals surface area contributed by atoms with E-state index >= 15 is 0 Å². The van der Waals surface area contributed by atoms with Crippen molar-refractivity contribution in [3.05, 3.63) is 36.5 Å². The third kappa shape index (κ3) is 51.5. The van der Waals surface area contributed by atoms with Crippen molar-refractivity contribution in [1.29, 1.82) is 0 Å².